The summed E-state index contributed by atoms with van der Waals surface area (Å²) in [6, 6.07) is 0. The van der Waals surface area contributed by atoms with Gasteiger partial charge in [-0.25, -0.2) is 4.98 Å². The lowest BCUT2D eigenvalue weighted by molar-refractivity contribution is 0.159. The van der Waals surface area contributed by atoms with Crippen LogP contribution in [0.3, 0.4) is 0 Å². The van der Waals surface area contributed by atoms with E-state index in [4.69, 9.17) is 5.21 Å². The minimum atomic E-state index is 0.339. The van der Waals surface area contributed by atoms with Gasteiger partial charge in [0.2, 0.25) is 0 Å². The van der Waals surface area contributed by atoms with Crippen molar-refractivity contribution in [3.05, 3.63) is 16.6 Å². The molecule has 0 aliphatic rings. The standard InChI is InChI=1S/C4H6BrN3O/c5-3-1-6-4(8-3)2-7-9/h1,7,9H,2H2,(H,6,8). The summed E-state index contributed by atoms with van der Waals surface area (Å²) < 4.78 is 0.813. The normalized spacial score (nSPS) is 10.0. The first-order chi connectivity index (χ1) is 4.33. The van der Waals surface area contributed by atoms with Crippen LogP contribution in [0, 0.1) is 0 Å². The van der Waals surface area contributed by atoms with E-state index in [1.807, 2.05) is 5.48 Å². The molecule has 4 nitrogen and oxygen atoms in total. The first kappa shape index (κ1) is 6.73. The van der Waals surface area contributed by atoms with Gasteiger partial charge in [-0.05, 0) is 15.9 Å². The number of hydrogen-bond donors (Lipinski definition) is 3. The third-order valence-corrected chi connectivity index (χ3v) is 1.25. The van der Waals surface area contributed by atoms with Crippen molar-refractivity contribution in [2.45, 2.75) is 6.54 Å². The van der Waals surface area contributed by atoms with Gasteiger partial charge in [0.15, 0.2) is 0 Å². The fourth-order valence-electron chi connectivity index (χ4n) is 0.502. The van der Waals surface area contributed by atoms with Crippen LogP contribution in [0.2, 0.25) is 0 Å². The average molecular weight is 192 g/mol. The van der Waals surface area contributed by atoms with Gasteiger partial charge in [0.1, 0.15) is 10.4 Å². The molecule has 0 amide bonds. The molecule has 1 aromatic heterocycles. The van der Waals surface area contributed by atoms with Gasteiger partial charge in [-0.3, -0.25) is 0 Å². The quantitative estimate of drug-likeness (QED) is 0.603. The molecule has 0 spiro atoms. The molecule has 0 aliphatic heterocycles. The summed E-state index contributed by atoms with van der Waals surface area (Å²) in [6.45, 7) is 0.339. The van der Waals surface area contributed by atoms with Crippen LogP contribution >= 0.6 is 15.9 Å². The Morgan fingerprint density at radius 3 is 3.11 bits per heavy atom. The Morgan fingerprint density at radius 1 is 1.89 bits per heavy atom. The van der Waals surface area contributed by atoms with E-state index >= 15 is 0 Å². The number of nitrogens with one attached hydrogen (secondary N) is 2. The zero-order chi connectivity index (χ0) is 6.69. The predicted molar refractivity (Wildman–Crippen MR) is 34.9 cm³/mol. The van der Waals surface area contributed by atoms with E-state index < -0.39 is 0 Å². The molecule has 1 heterocycles. The summed E-state index contributed by atoms with van der Waals surface area (Å²) in [5.74, 6) is 0.698. The van der Waals surface area contributed by atoms with E-state index in [1.54, 1.807) is 6.20 Å². The van der Waals surface area contributed by atoms with Crippen LogP contribution in [0.25, 0.3) is 0 Å². The van der Waals surface area contributed by atoms with Crippen LogP contribution in [-0.2, 0) is 6.54 Å². The third-order valence-electron chi connectivity index (χ3n) is 0.844. The second-order valence-electron chi connectivity index (χ2n) is 1.51. The molecule has 5 heteroatoms. The molecule has 1 aromatic rings. The molecule has 0 fully saturated rings. The van der Waals surface area contributed by atoms with Crippen molar-refractivity contribution < 1.29 is 5.21 Å². The van der Waals surface area contributed by atoms with Crippen molar-refractivity contribution >= 4 is 15.9 Å². The highest BCUT2D eigenvalue weighted by Gasteiger charge is 1.93. The van der Waals surface area contributed by atoms with Gasteiger partial charge >= 0.3 is 0 Å². The largest absolute Gasteiger partial charge is 0.336 e. The number of rotatable bonds is 2. The maximum atomic E-state index is 8.20. The Labute approximate surface area is 60.4 Å². The van der Waals surface area contributed by atoms with Gasteiger partial charge < -0.3 is 10.2 Å². The zero-order valence-corrected chi connectivity index (χ0v) is 6.14. The minimum absolute atomic E-state index is 0.339. The van der Waals surface area contributed by atoms with Gasteiger partial charge in [0, 0.05) is 0 Å². The topological polar surface area (TPSA) is 60.9 Å². The molecular formula is C4H6BrN3O. The molecule has 9 heavy (non-hydrogen) atoms. The molecule has 0 bridgehead atoms. The molecule has 1 rings (SSSR count). The Hall–Kier alpha value is -0.390. The Kier molecular flexibility index (Phi) is 2.21. The van der Waals surface area contributed by atoms with E-state index in [0.29, 0.717) is 12.4 Å². The lowest BCUT2D eigenvalue weighted by Gasteiger charge is -1.88. The van der Waals surface area contributed by atoms with E-state index in [1.165, 1.54) is 0 Å². The van der Waals surface area contributed by atoms with Crippen LogP contribution in [0.4, 0.5) is 0 Å². The first-order valence-electron chi connectivity index (χ1n) is 2.39. The maximum Gasteiger partial charge on any atom is 0.123 e. The Balaban J connectivity index is 2.61. The second kappa shape index (κ2) is 2.95. The fourth-order valence-corrected chi connectivity index (χ4v) is 0.833. The number of aromatic amines is 1. The van der Waals surface area contributed by atoms with Crippen LogP contribution in [0.5, 0.6) is 0 Å². The van der Waals surface area contributed by atoms with Gasteiger partial charge in [0.25, 0.3) is 0 Å². The van der Waals surface area contributed by atoms with Gasteiger partial charge in [-0.2, -0.15) is 5.48 Å². The summed E-state index contributed by atoms with van der Waals surface area (Å²) in [5, 5.41) is 8.20. The number of halogens is 1. The number of hydroxylamine groups is 1. The Morgan fingerprint density at radius 2 is 2.67 bits per heavy atom. The van der Waals surface area contributed by atoms with E-state index in [-0.39, 0.29) is 0 Å². The molecule has 0 unspecified atom stereocenters. The molecular weight excluding hydrogens is 186 g/mol. The number of hydrogen-bond acceptors (Lipinski definition) is 3. The smallest absolute Gasteiger partial charge is 0.123 e. The van der Waals surface area contributed by atoms with E-state index in [2.05, 4.69) is 25.9 Å². The zero-order valence-electron chi connectivity index (χ0n) is 4.56. The van der Waals surface area contributed by atoms with Crippen LogP contribution < -0.4 is 5.48 Å². The highest BCUT2D eigenvalue weighted by atomic mass is 79.9. The van der Waals surface area contributed by atoms with Crippen molar-refractivity contribution in [3.63, 3.8) is 0 Å². The summed E-state index contributed by atoms with van der Waals surface area (Å²) >= 11 is 3.17. The molecule has 0 radical (unpaired) electrons. The first-order valence-corrected chi connectivity index (χ1v) is 3.18. The van der Waals surface area contributed by atoms with Crippen molar-refractivity contribution in [1.29, 1.82) is 0 Å². The molecule has 0 saturated heterocycles. The van der Waals surface area contributed by atoms with Crippen molar-refractivity contribution in [1.82, 2.24) is 15.4 Å². The molecule has 0 saturated carbocycles. The summed E-state index contributed by atoms with van der Waals surface area (Å²) in [6.07, 6.45) is 1.63. The highest BCUT2D eigenvalue weighted by Crippen LogP contribution is 2.03. The number of nitrogens with zero attached hydrogens (tertiary/aromatic N) is 1. The maximum absolute atomic E-state index is 8.20. The van der Waals surface area contributed by atoms with Crippen molar-refractivity contribution in [3.8, 4) is 0 Å². The fraction of sp³-hybridized carbons (Fsp3) is 0.250. The summed E-state index contributed by atoms with van der Waals surface area (Å²) in [4.78, 5) is 6.74. The second-order valence-corrected chi connectivity index (χ2v) is 2.37. The van der Waals surface area contributed by atoms with E-state index in [0.717, 1.165) is 4.60 Å². The van der Waals surface area contributed by atoms with Gasteiger partial charge in [-0.15, -0.1) is 0 Å². The van der Waals surface area contributed by atoms with Gasteiger partial charge in [0.05, 0.1) is 12.7 Å². The third kappa shape index (κ3) is 1.78. The molecule has 0 atom stereocenters. The SMILES string of the molecule is ONCc1ncc(Br)[nH]1. The molecule has 0 aliphatic carbocycles. The summed E-state index contributed by atoms with van der Waals surface area (Å²) in [7, 11) is 0. The molecule has 50 valence electrons. The van der Waals surface area contributed by atoms with Crippen LogP contribution in [-0.4, -0.2) is 15.2 Å². The monoisotopic (exact) mass is 191 g/mol. The molecule has 3 N–H and O–H groups in total. The highest BCUT2D eigenvalue weighted by molar-refractivity contribution is 9.10. The lowest BCUT2D eigenvalue weighted by atomic mass is 10.6. The number of H-pyrrole nitrogens is 1. The van der Waals surface area contributed by atoms with Gasteiger partial charge in [-0.1, -0.05) is 0 Å². The average Bonchev–Trinajstić information content (AvgIpc) is 2.17. The van der Waals surface area contributed by atoms with Crippen LogP contribution in [0.1, 0.15) is 5.82 Å². The van der Waals surface area contributed by atoms with Crippen molar-refractivity contribution in [2.75, 3.05) is 0 Å². The van der Waals surface area contributed by atoms with E-state index in [9.17, 15) is 0 Å². The van der Waals surface area contributed by atoms with Crippen molar-refractivity contribution in [2.24, 2.45) is 0 Å². The Bertz CT molecular complexity index is 188. The van der Waals surface area contributed by atoms with Crippen LogP contribution in [0.15, 0.2) is 10.8 Å². The number of imidazole rings is 1. The summed E-state index contributed by atoms with van der Waals surface area (Å²) in [5.41, 5.74) is 1.98. The lowest BCUT2D eigenvalue weighted by Crippen LogP contribution is -2.07. The minimum Gasteiger partial charge on any atom is -0.336 e. The molecule has 0 aromatic carbocycles. The predicted octanol–water partition coefficient (Wildman–Crippen LogP) is 0.651. The number of aromatic nitrogens is 2.